The van der Waals surface area contributed by atoms with Gasteiger partial charge in [-0.3, -0.25) is 0 Å². The Morgan fingerprint density at radius 1 is 0.327 bits per heavy atom. The molecule has 4 heteroatoms. The van der Waals surface area contributed by atoms with Gasteiger partial charge in [0.05, 0.1) is 22.1 Å². The maximum atomic E-state index is 6.64. The number of aromatic nitrogens is 2. The van der Waals surface area contributed by atoms with E-state index in [4.69, 9.17) is 4.74 Å². The Kier molecular flexibility index (Phi) is 6.27. The quantitative estimate of drug-likeness (QED) is 0.170. The minimum absolute atomic E-state index is 0.942. The van der Waals surface area contributed by atoms with Crippen LogP contribution < -0.4 is 25.5 Å². The highest BCUT2D eigenvalue weighted by molar-refractivity contribution is 7.20. The van der Waals surface area contributed by atoms with Gasteiger partial charge in [-0.05, 0) is 81.4 Å². The summed E-state index contributed by atoms with van der Waals surface area (Å²) in [7, 11) is -2.82. The molecule has 2 aromatic heterocycles. The third-order valence-corrected chi connectivity index (χ3v) is 15.9. The summed E-state index contributed by atoms with van der Waals surface area (Å²) < 4.78 is 11.5. The minimum Gasteiger partial charge on any atom is -0.458 e. The van der Waals surface area contributed by atoms with Gasteiger partial charge in [0.1, 0.15) is 11.5 Å². The smallest absolute Gasteiger partial charge is 0.188 e. The van der Waals surface area contributed by atoms with Gasteiger partial charge in [-0.1, -0.05) is 133 Å². The predicted molar refractivity (Wildman–Crippen MR) is 219 cm³/mol. The van der Waals surface area contributed by atoms with E-state index in [1.807, 2.05) is 0 Å². The van der Waals surface area contributed by atoms with Crippen LogP contribution in [0.4, 0.5) is 0 Å². The number of ether oxygens (including phenoxy) is 1. The second kappa shape index (κ2) is 11.2. The van der Waals surface area contributed by atoms with Gasteiger partial charge in [0.25, 0.3) is 0 Å². The van der Waals surface area contributed by atoms with Crippen molar-refractivity contribution >= 4 is 72.4 Å². The van der Waals surface area contributed by atoms with Crippen LogP contribution in [0.5, 0.6) is 11.5 Å². The number of para-hydroxylation sites is 5. The summed E-state index contributed by atoms with van der Waals surface area (Å²) in [6.07, 6.45) is 0. The Hall–Kier alpha value is -6.62. The summed E-state index contributed by atoms with van der Waals surface area (Å²) >= 11 is 0. The molecule has 0 saturated carbocycles. The van der Waals surface area contributed by atoms with E-state index in [-0.39, 0.29) is 0 Å². The second-order valence-corrected chi connectivity index (χ2v) is 17.4. The standard InChI is InChI=1S/C48H32N2OSi/c1-3-15-33(16-4-1)49-42-22-10-8-20-38(42)40-31-34(27-30-43(40)49)50-41-21-9-7-19-37(41)39-29-28-36(32-44(39)50)52(35-17-5-2-6-18-35)47-25-13-11-23-45(47)51-46-24-12-14-26-48(46)52/h1-32H. The maximum Gasteiger partial charge on any atom is 0.188 e. The number of hydrogen-bond donors (Lipinski definition) is 0. The molecule has 0 aliphatic carbocycles. The van der Waals surface area contributed by atoms with E-state index in [9.17, 15) is 0 Å². The number of fused-ring (bicyclic) bond motifs is 8. The van der Waals surface area contributed by atoms with Gasteiger partial charge in [0.15, 0.2) is 8.07 Å². The van der Waals surface area contributed by atoms with Crippen LogP contribution in [0, 0.1) is 0 Å². The summed E-state index contributed by atoms with van der Waals surface area (Å²) in [6.45, 7) is 0. The lowest BCUT2D eigenvalue weighted by Gasteiger charge is -2.39. The van der Waals surface area contributed by atoms with Crippen molar-refractivity contribution in [3.05, 3.63) is 194 Å². The lowest BCUT2D eigenvalue weighted by molar-refractivity contribution is 0.487. The molecule has 0 N–H and O–H groups in total. The monoisotopic (exact) mass is 680 g/mol. The zero-order chi connectivity index (χ0) is 34.2. The lowest BCUT2D eigenvalue weighted by atomic mass is 10.1. The Morgan fingerprint density at radius 3 is 1.54 bits per heavy atom. The van der Waals surface area contributed by atoms with Crippen molar-refractivity contribution < 1.29 is 4.74 Å². The maximum absolute atomic E-state index is 6.64. The van der Waals surface area contributed by atoms with E-state index < -0.39 is 8.07 Å². The first-order chi connectivity index (χ1) is 25.8. The molecule has 0 unspecified atom stereocenters. The highest BCUT2D eigenvalue weighted by Crippen LogP contribution is 2.37. The summed E-state index contributed by atoms with van der Waals surface area (Å²) in [5, 5.41) is 10.2. The van der Waals surface area contributed by atoms with Gasteiger partial charge in [-0.25, -0.2) is 0 Å². The zero-order valence-electron chi connectivity index (χ0n) is 28.3. The van der Waals surface area contributed by atoms with Crippen molar-refractivity contribution in [2.45, 2.75) is 0 Å². The van der Waals surface area contributed by atoms with E-state index in [1.165, 1.54) is 64.4 Å². The fourth-order valence-electron chi connectivity index (χ4n) is 8.91. The van der Waals surface area contributed by atoms with Crippen molar-refractivity contribution in [3.8, 4) is 22.9 Å². The van der Waals surface area contributed by atoms with Crippen LogP contribution in [0.3, 0.4) is 0 Å². The van der Waals surface area contributed by atoms with Gasteiger partial charge in [0.2, 0.25) is 0 Å². The van der Waals surface area contributed by atoms with Crippen LogP contribution in [0.2, 0.25) is 0 Å². The molecule has 11 rings (SSSR count). The first kappa shape index (κ1) is 29.1. The van der Waals surface area contributed by atoms with Crippen LogP contribution in [-0.4, -0.2) is 17.2 Å². The van der Waals surface area contributed by atoms with E-state index in [2.05, 4.69) is 203 Å². The Balaban J connectivity index is 1.23. The minimum atomic E-state index is -2.82. The molecule has 10 aromatic rings. The Labute approximate surface area is 302 Å². The first-order valence-corrected chi connectivity index (χ1v) is 19.9. The SMILES string of the molecule is c1ccc(-n2c3ccccc3c3cc(-n4c5ccccc5c5ccc([Si]6(c7ccccc7)c7ccccc7Oc7ccccc76)cc54)ccc32)cc1. The summed E-state index contributed by atoms with van der Waals surface area (Å²) in [6, 6.07) is 71.0. The first-order valence-electron chi connectivity index (χ1n) is 17.9. The van der Waals surface area contributed by atoms with Crippen LogP contribution >= 0.6 is 0 Å². The number of rotatable bonds is 4. The van der Waals surface area contributed by atoms with E-state index >= 15 is 0 Å². The van der Waals surface area contributed by atoms with Crippen molar-refractivity contribution in [1.29, 1.82) is 0 Å². The number of hydrogen-bond acceptors (Lipinski definition) is 1. The third kappa shape index (κ3) is 4.01. The fourth-order valence-corrected chi connectivity index (χ4v) is 13.9. The second-order valence-electron chi connectivity index (χ2n) is 13.7. The van der Waals surface area contributed by atoms with Gasteiger partial charge in [-0.2, -0.15) is 0 Å². The molecule has 0 bridgehead atoms. The number of nitrogens with zero attached hydrogens (tertiary/aromatic N) is 2. The lowest BCUT2D eigenvalue weighted by Crippen LogP contribution is -2.76. The third-order valence-electron chi connectivity index (χ3n) is 11.0. The summed E-state index contributed by atoms with van der Waals surface area (Å²) in [4.78, 5) is 0. The average molecular weight is 681 g/mol. The topological polar surface area (TPSA) is 19.1 Å². The molecule has 3 heterocycles. The van der Waals surface area contributed by atoms with Crippen molar-refractivity contribution in [1.82, 2.24) is 9.13 Å². The fraction of sp³-hybridized carbons (Fsp3) is 0. The summed E-state index contributed by atoms with van der Waals surface area (Å²) in [5.74, 6) is 1.88. The average Bonchev–Trinajstić information content (AvgIpc) is 3.73. The van der Waals surface area contributed by atoms with Crippen LogP contribution in [0.15, 0.2) is 194 Å². The summed E-state index contributed by atoms with van der Waals surface area (Å²) in [5.41, 5.74) is 7.12. The van der Waals surface area contributed by atoms with Gasteiger partial charge >= 0.3 is 0 Å². The largest absolute Gasteiger partial charge is 0.458 e. The molecule has 8 aromatic carbocycles. The molecular formula is C48H32N2OSi. The molecule has 0 spiro atoms. The van der Waals surface area contributed by atoms with Crippen molar-refractivity contribution in [2.24, 2.45) is 0 Å². The Bertz CT molecular complexity index is 2950. The highest BCUT2D eigenvalue weighted by atomic mass is 28.3. The highest BCUT2D eigenvalue weighted by Gasteiger charge is 2.48. The van der Waals surface area contributed by atoms with Crippen LogP contribution in [0.25, 0.3) is 55.0 Å². The molecule has 3 nitrogen and oxygen atoms in total. The van der Waals surface area contributed by atoms with Crippen molar-refractivity contribution in [2.75, 3.05) is 0 Å². The Morgan fingerprint density at radius 2 is 0.846 bits per heavy atom. The van der Waals surface area contributed by atoms with Crippen LogP contribution in [0.1, 0.15) is 0 Å². The van der Waals surface area contributed by atoms with E-state index in [0.717, 1.165) is 22.9 Å². The molecule has 0 saturated heterocycles. The molecule has 0 atom stereocenters. The van der Waals surface area contributed by atoms with Gasteiger partial charge in [-0.15, -0.1) is 0 Å². The van der Waals surface area contributed by atoms with E-state index in [0.29, 0.717) is 0 Å². The molecule has 0 amide bonds. The van der Waals surface area contributed by atoms with Crippen LogP contribution in [-0.2, 0) is 0 Å². The van der Waals surface area contributed by atoms with Crippen molar-refractivity contribution in [3.63, 3.8) is 0 Å². The number of benzene rings is 8. The zero-order valence-corrected chi connectivity index (χ0v) is 29.3. The molecular weight excluding hydrogens is 649 g/mol. The van der Waals surface area contributed by atoms with Gasteiger partial charge < -0.3 is 13.9 Å². The van der Waals surface area contributed by atoms with E-state index in [1.54, 1.807) is 0 Å². The molecule has 0 fully saturated rings. The molecule has 1 aliphatic rings. The molecule has 244 valence electrons. The molecule has 0 radical (unpaired) electrons. The molecule has 1 aliphatic heterocycles. The predicted octanol–water partition coefficient (Wildman–Crippen LogP) is 9.36. The molecule has 52 heavy (non-hydrogen) atoms. The normalized spacial score (nSPS) is 13.3. The van der Waals surface area contributed by atoms with Gasteiger partial charge in [0, 0.05) is 32.9 Å².